The van der Waals surface area contributed by atoms with E-state index in [1.807, 2.05) is 13.0 Å². The van der Waals surface area contributed by atoms with Gasteiger partial charge in [0.15, 0.2) is 6.10 Å². The van der Waals surface area contributed by atoms with Crippen molar-refractivity contribution in [3.8, 4) is 0 Å². The molecule has 1 unspecified atom stereocenters. The Morgan fingerprint density at radius 2 is 2.16 bits per heavy atom. The van der Waals surface area contributed by atoms with Crippen LogP contribution in [0.3, 0.4) is 0 Å². The molecule has 4 N–H and O–H groups in total. The predicted molar refractivity (Wildman–Crippen MR) is 67.5 cm³/mol. The Bertz CT molecular complexity index is 450. The zero-order valence-corrected chi connectivity index (χ0v) is 10.6. The molecule has 0 aromatic carbocycles. The first-order valence-electron chi connectivity index (χ1n) is 5.82. The molecule has 0 spiro atoms. The number of rotatable bonds is 6. The highest BCUT2D eigenvalue weighted by molar-refractivity contribution is 5.74. The van der Waals surface area contributed by atoms with Crippen molar-refractivity contribution in [3.05, 3.63) is 29.6 Å². The summed E-state index contributed by atoms with van der Waals surface area (Å²) in [6, 6.07) is 1.40. The summed E-state index contributed by atoms with van der Waals surface area (Å²) in [5.74, 6) is -1.30. The summed E-state index contributed by atoms with van der Waals surface area (Å²) in [5.41, 5.74) is 1.93. The van der Waals surface area contributed by atoms with Crippen molar-refractivity contribution in [2.45, 2.75) is 26.0 Å². The highest BCUT2D eigenvalue weighted by Gasteiger charge is 2.12. The Labute approximate surface area is 110 Å². The molecular weight excluding hydrogens is 250 g/mol. The Hall–Kier alpha value is -2.15. The third kappa shape index (κ3) is 5.35. The predicted octanol–water partition coefficient (Wildman–Crippen LogP) is 0.0248. The molecule has 1 rings (SSSR count). The highest BCUT2D eigenvalue weighted by Crippen LogP contribution is 2.03. The lowest BCUT2D eigenvalue weighted by Gasteiger charge is -2.10. The van der Waals surface area contributed by atoms with Crippen LogP contribution in [-0.4, -0.2) is 39.8 Å². The summed E-state index contributed by atoms with van der Waals surface area (Å²) < 4.78 is 0. The number of carboxylic acids is 1. The normalized spacial score (nSPS) is 11.7. The topological polar surface area (TPSA) is 112 Å². The molecule has 0 aliphatic rings. The average Bonchev–Trinajstić information content (AvgIpc) is 2.37. The van der Waals surface area contributed by atoms with Gasteiger partial charge in [-0.3, -0.25) is 4.98 Å². The van der Waals surface area contributed by atoms with Gasteiger partial charge in [-0.25, -0.2) is 9.59 Å². The van der Waals surface area contributed by atoms with Crippen LogP contribution in [-0.2, 0) is 11.3 Å². The van der Waals surface area contributed by atoms with E-state index in [1.165, 1.54) is 0 Å². The number of hydrogen-bond donors (Lipinski definition) is 4. The number of carbonyl (C=O) groups excluding carboxylic acids is 1. The number of urea groups is 1. The molecule has 7 nitrogen and oxygen atoms in total. The van der Waals surface area contributed by atoms with Crippen molar-refractivity contribution in [3.63, 3.8) is 0 Å². The van der Waals surface area contributed by atoms with E-state index in [1.54, 1.807) is 12.4 Å². The van der Waals surface area contributed by atoms with Crippen LogP contribution in [0.15, 0.2) is 18.5 Å². The lowest BCUT2D eigenvalue weighted by molar-refractivity contribution is -0.146. The smallest absolute Gasteiger partial charge is 0.332 e. The molecular formula is C12H17N3O4. The summed E-state index contributed by atoms with van der Waals surface area (Å²) in [7, 11) is 0. The van der Waals surface area contributed by atoms with E-state index in [2.05, 4.69) is 15.6 Å². The molecule has 7 heteroatoms. The Kier molecular flexibility index (Phi) is 5.74. The van der Waals surface area contributed by atoms with Gasteiger partial charge in [-0.05, 0) is 24.1 Å². The lowest BCUT2D eigenvalue weighted by atomic mass is 10.1. The molecule has 1 atom stereocenters. The number of aliphatic hydroxyl groups excluding tert-OH is 1. The average molecular weight is 267 g/mol. The third-order valence-electron chi connectivity index (χ3n) is 2.56. The van der Waals surface area contributed by atoms with E-state index in [0.29, 0.717) is 6.54 Å². The largest absolute Gasteiger partial charge is 0.479 e. The van der Waals surface area contributed by atoms with Crippen LogP contribution in [0.25, 0.3) is 0 Å². The fourth-order valence-electron chi connectivity index (χ4n) is 1.38. The van der Waals surface area contributed by atoms with Crippen LogP contribution in [0.4, 0.5) is 4.79 Å². The molecule has 0 saturated heterocycles. The minimum atomic E-state index is -1.46. The molecule has 0 radical (unpaired) electrons. The SMILES string of the molecule is Cc1cnccc1CNC(=O)NCCC(O)C(=O)O. The maximum absolute atomic E-state index is 11.4. The number of aliphatic carboxylic acids is 1. The Morgan fingerprint density at radius 3 is 2.79 bits per heavy atom. The van der Waals surface area contributed by atoms with E-state index in [4.69, 9.17) is 10.2 Å². The second-order valence-corrected chi connectivity index (χ2v) is 4.05. The molecule has 0 bridgehead atoms. The van der Waals surface area contributed by atoms with Gasteiger partial charge in [0, 0.05) is 31.9 Å². The van der Waals surface area contributed by atoms with E-state index < -0.39 is 18.1 Å². The number of aliphatic hydroxyl groups is 1. The fraction of sp³-hybridized carbons (Fsp3) is 0.417. The van der Waals surface area contributed by atoms with Crippen LogP contribution >= 0.6 is 0 Å². The number of carboxylic acid groups (broad SMARTS) is 1. The summed E-state index contributed by atoms with van der Waals surface area (Å²) in [6.45, 7) is 2.35. The molecule has 1 heterocycles. The third-order valence-corrected chi connectivity index (χ3v) is 2.56. The number of carbonyl (C=O) groups is 2. The quantitative estimate of drug-likeness (QED) is 0.581. The maximum atomic E-state index is 11.4. The molecule has 0 aliphatic carbocycles. The van der Waals surface area contributed by atoms with Crippen molar-refractivity contribution in [2.24, 2.45) is 0 Å². The Morgan fingerprint density at radius 1 is 1.42 bits per heavy atom. The molecule has 1 aromatic heterocycles. The van der Waals surface area contributed by atoms with Gasteiger partial charge in [0.25, 0.3) is 0 Å². The van der Waals surface area contributed by atoms with Crippen LogP contribution in [0, 0.1) is 6.92 Å². The van der Waals surface area contributed by atoms with Gasteiger partial charge in [0.2, 0.25) is 0 Å². The second-order valence-electron chi connectivity index (χ2n) is 4.05. The zero-order valence-electron chi connectivity index (χ0n) is 10.6. The van der Waals surface area contributed by atoms with Gasteiger partial charge in [-0.2, -0.15) is 0 Å². The number of hydrogen-bond acceptors (Lipinski definition) is 4. The van der Waals surface area contributed by atoms with Gasteiger partial charge in [-0.15, -0.1) is 0 Å². The standard InChI is InChI=1S/C12H17N3O4/c1-8-6-13-4-2-9(8)7-15-12(19)14-5-3-10(16)11(17)18/h2,4,6,10,16H,3,5,7H2,1H3,(H,17,18)(H2,14,15,19). The minimum absolute atomic E-state index is 0.0307. The molecule has 104 valence electrons. The van der Waals surface area contributed by atoms with Crippen LogP contribution in [0.2, 0.25) is 0 Å². The van der Waals surface area contributed by atoms with Crippen LogP contribution < -0.4 is 10.6 Å². The zero-order chi connectivity index (χ0) is 14.3. The van der Waals surface area contributed by atoms with Crippen molar-refractivity contribution < 1.29 is 19.8 Å². The van der Waals surface area contributed by atoms with Gasteiger partial charge >= 0.3 is 12.0 Å². The number of aryl methyl sites for hydroxylation is 1. The summed E-state index contributed by atoms with van der Waals surface area (Å²) >= 11 is 0. The molecule has 0 aliphatic heterocycles. The van der Waals surface area contributed by atoms with Gasteiger partial charge in [-0.1, -0.05) is 0 Å². The van der Waals surface area contributed by atoms with Gasteiger partial charge < -0.3 is 20.8 Å². The first-order chi connectivity index (χ1) is 9.00. The molecule has 19 heavy (non-hydrogen) atoms. The Balaban J connectivity index is 2.25. The number of nitrogens with zero attached hydrogens (tertiary/aromatic N) is 1. The first kappa shape index (κ1) is 14.9. The molecule has 0 saturated carbocycles. The number of pyridine rings is 1. The lowest BCUT2D eigenvalue weighted by Crippen LogP contribution is -2.37. The number of aromatic nitrogens is 1. The van der Waals surface area contributed by atoms with Crippen LogP contribution in [0.5, 0.6) is 0 Å². The second kappa shape index (κ2) is 7.32. The van der Waals surface area contributed by atoms with Crippen molar-refractivity contribution in [2.75, 3.05) is 6.54 Å². The van der Waals surface area contributed by atoms with Crippen molar-refractivity contribution in [1.29, 1.82) is 0 Å². The van der Waals surface area contributed by atoms with E-state index in [0.717, 1.165) is 11.1 Å². The van der Waals surface area contributed by atoms with Gasteiger partial charge in [0.1, 0.15) is 0 Å². The number of amides is 2. The van der Waals surface area contributed by atoms with E-state index >= 15 is 0 Å². The molecule has 0 fully saturated rings. The fourth-order valence-corrected chi connectivity index (χ4v) is 1.38. The van der Waals surface area contributed by atoms with Crippen molar-refractivity contribution in [1.82, 2.24) is 15.6 Å². The first-order valence-corrected chi connectivity index (χ1v) is 5.82. The maximum Gasteiger partial charge on any atom is 0.332 e. The summed E-state index contributed by atoms with van der Waals surface area (Å²) in [5, 5.41) is 22.6. The molecule has 2 amide bonds. The van der Waals surface area contributed by atoms with E-state index in [-0.39, 0.29) is 13.0 Å². The van der Waals surface area contributed by atoms with Gasteiger partial charge in [0.05, 0.1) is 0 Å². The van der Waals surface area contributed by atoms with Crippen molar-refractivity contribution >= 4 is 12.0 Å². The minimum Gasteiger partial charge on any atom is -0.479 e. The monoisotopic (exact) mass is 267 g/mol. The van der Waals surface area contributed by atoms with Crippen LogP contribution in [0.1, 0.15) is 17.5 Å². The molecule has 1 aromatic rings. The number of nitrogens with one attached hydrogen (secondary N) is 2. The highest BCUT2D eigenvalue weighted by atomic mass is 16.4. The van der Waals surface area contributed by atoms with E-state index in [9.17, 15) is 9.59 Å². The summed E-state index contributed by atoms with van der Waals surface area (Å²) in [4.78, 5) is 25.7. The summed E-state index contributed by atoms with van der Waals surface area (Å²) in [6.07, 6.45) is 1.86.